The van der Waals surface area contributed by atoms with E-state index in [2.05, 4.69) is 41.5 Å². The second kappa shape index (κ2) is 11.7. The summed E-state index contributed by atoms with van der Waals surface area (Å²) >= 11 is 0. The van der Waals surface area contributed by atoms with Crippen LogP contribution in [0.15, 0.2) is 66.7 Å². The molecule has 7 nitrogen and oxygen atoms in total. The minimum Gasteiger partial charge on any atom is -0.397 e. The highest BCUT2D eigenvalue weighted by Crippen LogP contribution is 2.26. The van der Waals surface area contributed by atoms with Gasteiger partial charge >= 0.3 is 6.03 Å². The Labute approximate surface area is 226 Å². The molecule has 0 fully saturated rings. The molecule has 0 aliphatic heterocycles. The first-order chi connectivity index (χ1) is 18.1. The molecule has 0 saturated carbocycles. The van der Waals surface area contributed by atoms with E-state index in [-0.39, 0.29) is 17.4 Å². The van der Waals surface area contributed by atoms with Gasteiger partial charge in [-0.3, -0.25) is 4.79 Å². The third-order valence-electron chi connectivity index (χ3n) is 6.80. The first-order valence-corrected chi connectivity index (χ1v) is 13.2. The van der Waals surface area contributed by atoms with Gasteiger partial charge in [0.2, 0.25) is 0 Å². The number of carbonyl (C=O) groups is 2. The van der Waals surface area contributed by atoms with Crippen LogP contribution in [0.5, 0.6) is 0 Å². The van der Waals surface area contributed by atoms with E-state index in [9.17, 15) is 9.59 Å². The molecule has 0 spiro atoms. The lowest BCUT2D eigenvalue weighted by molar-refractivity contribution is 0.102. The van der Waals surface area contributed by atoms with E-state index < -0.39 is 0 Å². The van der Waals surface area contributed by atoms with E-state index in [1.165, 1.54) is 17.5 Å². The zero-order valence-corrected chi connectivity index (χ0v) is 22.9. The van der Waals surface area contributed by atoms with Crippen molar-refractivity contribution in [3.05, 3.63) is 89.0 Å². The molecule has 0 saturated heterocycles. The van der Waals surface area contributed by atoms with Crippen LogP contribution in [-0.2, 0) is 19.4 Å². The molecule has 4 N–H and O–H groups in total. The van der Waals surface area contributed by atoms with Gasteiger partial charge in [-0.15, -0.1) is 0 Å². The molecule has 0 unspecified atom stereocenters. The highest BCUT2D eigenvalue weighted by Gasteiger charge is 2.26. The number of benzene rings is 3. The number of rotatable bonds is 9. The Kier molecular flexibility index (Phi) is 8.37. The van der Waals surface area contributed by atoms with E-state index in [0.29, 0.717) is 30.0 Å². The van der Waals surface area contributed by atoms with Gasteiger partial charge in [-0.25, -0.2) is 4.79 Å². The zero-order valence-electron chi connectivity index (χ0n) is 22.9. The molecule has 38 heavy (non-hydrogen) atoms. The van der Waals surface area contributed by atoms with E-state index in [4.69, 9.17) is 5.73 Å². The first-order valence-electron chi connectivity index (χ1n) is 13.2. The number of urea groups is 1. The van der Waals surface area contributed by atoms with Crippen LogP contribution in [0.25, 0.3) is 0 Å². The van der Waals surface area contributed by atoms with Crippen LogP contribution in [0.2, 0.25) is 0 Å². The molecule has 7 heteroatoms. The number of hydrogen-bond donors (Lipinski definition) is 3. The molecule has 0 heterocycles. The van der Waals surface area contributed by atoms with Crippen molar-refractivity contribution in [1.82, 2.24) is 9.80 Å². The Hall–Kier alpha value is -3.84. The monoisotopic (exact) mass is 513 g/mol. The maximum Gasteiger partial charge on any atom is 0.322 e. The number of nitrogens with zero attached hydrogens (tertiary/aromatic N) is 2. The van der Waals surface area contributed by atoms with Gasteiger partial charge in [0.1, 0.15) is 0 Å². The van der Waals surface area contributed by atoms with Crippen LogP contribution in [0.3, 0.4) is 0 Å². The van der Waals surface area contributed by atoms with Crippen LogP contribution in [-0.4, -0.2) is 48.9 Å². The van der Waals surface area contributed by atoms with Crippen LogP contribution in [0.4, 0.5) is 21.9 Å². The van der Waals surface area contributed by atoms with Crippen LogP contribution in [0, 0.1) is 5.41 Å². The van der Waals surface area contributed by atoms with Gasteiger partial charge < -0.3 is 26.2 Å². The number of amides is 3. The maximum absolute atomic E-state index is 13.5. The topological polar surface area (TPSA) is 90.7 Å². The summed E-state index contributed by atoms with van der Waals surface area (Å²) in [6.45, 7) is 6.20. The van der Waals surface area contributed by atoms with Gasteiger partial charge in [-0.1, -0.05) is 44.2 Å². The SMILES string of the molecule is CN(C)CC(C)(C)CN(Cc1ccc(C(=O)Nc2ccccc2N)cc1)C(=O)Nc1ccc2c(c1)CCC2. The van der Waals surface area contributed by atoms with Crippen LogP contribution < -0.4 is 16.4 Å². The summed E-state index contributed by atoms with van der Waals surface area (Å²) in [4.78, 5) is 30.3. The summed E-state index contributed by atoms with van der Waals surface area (Å²) < 4.78 is 0. The van der Waals surface area contributed by atoms with Gasteiger partial charge in [0.15, 0.2) is 0 Å². The van der Waals surface area contributed by atoms with Crippen molar-refractivity contribution >= 4 is 29.0 Å². The number of nitrogens with two attached hydrogens (primary N) is 1. The van der Waals surface area contributed by atoms with Gasteiger partial charge in [0.05, 0.1) is 11.4 Å². The van der Waals surface area contributed by atoms with E-state index >= 15 is 0 Å². The molecule has 4 rings (SSSR count). The Morgan fingerprint density at radius 1 is 0.895 bits per heavy atom. The number of nitrogens with one attached hydrogen (secondary N) is 2. The average Bonchev–Trinajstić information content (AvgIpc) is 3.32. The zero-order chi connectivity index (χ0) is 27.3. The average molecular weight is 514 g/mol. The lowest BCUT2D eigenvalue weighted by atomic mass is 9.92. The molecule has 0 bridgehead atoms. The number of fused-ring (bicyclic) bond motifs is 1. The van der Waals surface area contributed by atoms with Crippen molar-refractivity contribution < 1.29 is 9.59 Å². The van der Waals surface area contributed by atoms with Gasteiger partial charge in [0.25, 0.3) is 5.91 Å². The van der Waals surface area contributed by atoms with Crippen molar-refractivity contribution in [3.8, 4) is 0 Å². The predicted octanol–water partition coefficient (Wildman–Crippen LogP) is 5.63. The molecular weight excluding hydrogens is 474 g/mol. The summed E-state index contributed by atoms with van der Waals surface area (Å²) in [5, 5.41) is 5.98. The fraction of sp³-hybridized carbons (Fsp3) is 0.355. The molecule has 200 valence electrons. The largest absolute Gasteiger partial charge is 0.397 e. The lowest BCUT2D eigenvalue weighted by Gasteiger charge is -2.35. The Morgan fingerprint density at radius 2 is 1.61 bits per heavy atom. The number of anilines is 3. The summed E-state index contributed by atoms with van der Waals surface area (Å²) in [6.07, 6.45) is 3.35. The summed E-state index contributed by atoms with van der Waals surface area (Å²) in [6, 6.07) is 20.6. The molecule has 1 aliphatic rings. The van der Waals surface area contributed by atoms with Gasteiger partial charge in [0, 0.05) is 30.9 Å². The van der Waals surface area contributed by atoms with Gasteiger partial charge in [-0.2, -0.15) is 0 Å². The van der Waals surface area contributed by atoms with E-state index in [1.54, 1.807) is 24.3 Å². The fourth-order valence-electron chi connectivity index (χ4n) is 5.26. The number of hydrogen-bond acceptors (Lipinski definition) is 4. The second-order valence-electron chi connectivity index (χ2n) is 11.3. The minimum atomic E-state index is -0.229. The Balaban J connectivity index is 1.48. The van der Waals surface area contributed by atoms with Gasteiger partial charge in [-0.05, 0) is 91.9 Å². The number of nitrogen functional groups attached to an aromatic ring is 1. The molecular formula is C31H39N5O2. The molecule has 0 atom stereocenters. The van der Waals surface area contributed by atoms with Crippen molar-refractivity contribution in [2.75, 3.05) is 43.6 Å². The van der Waals surface area contributed by atoms with Crippen LogP contribution in [0.1, 0.15) is 47.3 Å². The second-order valence-corrected chi connectivity index (χ2v) is 11.3. The third-order valence-corrected chi connectivity index (χ3v) is 6.80. The molecule has 1 aliphatic carbocycles. The first kappa shape index (κ1) is 27.2. The van der Waals surface area contributed by atoms with Crippen molar-refractivity contribution in [2.45, 2.75) is 39.7 Å². The highest BCUT2D eigenvalue weighted by atomic mass is 16.2. The fourth-order valence-corrected chi connectivity index (χ4v) is 5.26. The Bertz CT molecular complexity index is 1280. The van der Waals surface area contributed by atoms with Crippen molar-refractivity contribution in [2.24, 2.45) is 5.41 Å². The maximum atomic E-state index is 13.5. The number of carbonyl (C=O) groups excluding carboxylic acids is 2. The predicted molar refractivity (Wildman–Crippen MR) is 155 cm³/mol. The summed E-state index contributed by atoms with van der Waals surface area (Å²) in [5.74, 6) is -0.229. The minimum absolute atomic E-state index is 0.117. The van der Waals surface area contributed by atoms with E-state index in [1.807, 2.05) is 49.3 Å². The molecule has 3 aromatic rings. The number of aryl methyl sites for hydroxylation is 2. The normalized spacial score (nSPS) is 12.8. The Morgan fingerprint density at radius 3 is 2.32 bits per heavy atom. The highest BCUT2D eigenvalue weighted by molar-refractivity contribution is 6.05. The standard InChI is InChI=1S/C31H39N5O2/c1-31(2,20-35(3)4)21-36(30(38)33-26-17-16-23-8-7-9-25(23)18-26)19-22-12-14-24(15-13-22)29(37)34-28-11-6-5-10-27(28)32/h5-6,10-18H,7-9,19-21,32H2,1-4H3,(H,33,38)(H,34,37). The smallest absolute Gasteiger partial charge is 0.322 e. The summed E-state index contributed by atoms with van der Waals surface area (Å²) in [5.41, 5.74) is 12.0. The quantitative estimate of drug-likeness (QED) is 0.323. The molecule has 0 aromatic heterocycles. The third kappa shape index (κ3) is 7.13. The molecule has 3 aromatic carbocycles. The number of para-hydroxylation sites is 2. The molecule has 3 amide bonds. The summed E-state index contributed by atoms with van der Waals surface area (Å²) in [7, 11) is 4.09. The van der Waals surface area contributed by atoms with Crippen LogP contribution >= 0.6 is 0 Å². The molecule has 0 radical (unpaired) electrons. The van der Waals surface area contributed by atoms with Crippen molar-refractivity contribution in [1.29, 1.82) is 0 Å². The van der Waals surface area contributed by atoms with Crippen molar-refractivity contribution in [3.63, 3.8) is 0 Å². The lowest BCUT2D eigenvalue weighted by Crippen LogP contribution is -2.44. The van der Waals surface area contributed by atoms with E-state index in [0.717, 1.165) is 30.6 Å².